The Kier molecular flexibility index (Phi) is 5.19. The number of aromatic nitrogens is 1. The third-order valence-electron chi connectivity index (χ3n) is 2.23. The second kappa shape index (κ2) is 6.43. The van der Waals surface area contributed by atoms with Crippen LogP contribution in [0.3, 0.4) is 0 Å². The van der Waals surface area contributed by atoms with E-state index in [1.165, 1.54) is 12.3 Å². The second-order valence-electron chi connectivity index (χ2n) is 3.65. The second-order valence-corrected chi connectivity index (χ2v) is 4.03. The molecule has 0 aromatic carbocycles. The largest absolute Gasteiger partial charge is 0.352 e. The minimum atomic E-state index is -0.606. The zero-order valence-electron chi connectivity index (χ0n) is 9.04. The summed E-state index contributed by atoms with van der Waals surface area (Å²) in [5, 5.41) is 2.66. The van der Waals surface area contributed by atoms with Gasteiger partial charge in [-0.1, -0.05) is 6.92 Å². The molecule has 0 bridgehead atoms. The molecular weight excluding hydrogens is 231 g/mol. The normalized spacial score (nSPS) is 12.2. The van der Waals surface area contributed by atoms with Gasteiger partial charge in [-0.2, -0.15) is 0 Å². The van der Waals surface area contributed by atoms with Crippen molar-refractivity contribution in [1.82, 2.24) is 10.3 Å². The molecule has 0 radical (unpaired) electrons. The molecule has 1 heterocycles. The summed E-state index contributed by atoms with van der Waals surface area (Å²) in [5.74, 6) is -0.182. The van der Waals surface area contributed by atoms with Crippen molar-refractivity contribution in [3.05, 3.63) is 29.8 Å². The summed E-state index contributed by atoms with van der Waals surface area (Å²) < 4.78 is 13.2. The Morgan fingerprint density at radius 3 is 3.06 bits per heavy atom. The number of hydrogen-bond acceptors (Lipinski definition) is 2. The maximum Gasteiger partial charge on any atom is 0.254 e. The Bertz CT molecular complexity index is 360. The fraction of sp³-hybridized carbons (Fsp3) is 0.455. The zero-order chi connectivity index (χ0) is 12.0. The number of pyridine rings is 1. The van der Waals surface area contributed by atoms with Gasteiger partial charge in [-0.3, -0.25) is 9.78 Å². The van der Waals surface area contributed by atoms with E-state index in [9.17, 15) is 9.18 Å². The lowest BCUT2D eigenvalue weighted by Crippen LogP contribution is -2.29. The number of hydrogen-bond donors (Lipinski definition) is 1. The van der Waals surface area contributed by atoms with Gasteiger partial charge in [0, 0.05) is 18.6 Å². The van der Waals surface area contributed by atoms with Gasteiger partial charge >= 0.3 is 0 Å². The van der Waals surface area contributed by atoms with E-state index >= 15 is 0 Å². The lowest BCUT2D eigenvalue weighted by atomic mass is 10.1. The summed E-state index contributed by atoms with van der Waals surface area (Å²) >= 11 is 5.57. The number of carbonyl (C=O) groups excluding carboxylic acids is 1. The summed E-state index contributed by atoms with van der Waals surface area (Å²) in [6.07, 6.45) is 3.23. The first kappa shape index (κ1) is 12.9. The number of nitrogens with one attached hydrogen (secondary N) is 1. The van der Waals surface area contributed by atoms with Crippen molar-refractivity contribution in [3.63, 3.8) is 0 Å². The third kappa shape index (κ3) is 3.77. The Morgan fingerprint density at radius 1 is 1.69 bits per heavy atom. The molecule has 1 aromatic rings. The van der Waals surface area contributed by atoms with Gasteiger partial charge in [0.15, 0.2) is 5.82 Å². The molecule has 0 saturated heterocycles. The van der Waals surface area contributed by atoms with Crippen LogP contribution in [0.15, 0.2) is 18.5 Å². The molecule has 0 spiro atoms. The number of amides is 1. The number of carbonyl (C=O) groups is 1. The van der Waals surface area contributed by atoms with Crippen molar-refractivity contribution in [2.75, 3.05) is 12.4 Å². The van der Waals surface area contributed by atoms with Crippen molar-refractivity contribution in [3.8, 4) is 0 Å². The molecule has 5 heteroatoms. The molecule has 1 rings (SSSR count). The first-order valence-corrected chi connectivity index (χ1v) is 5.62. The van der Waals surface area contributed by atoms with Crippen molar-refractivity contribution in [2.24, 2.45) is 5.92 Å². The molecule has 0 aliphatic carbocycles. The summed E-state index contributed by atoms with van der Waals surface area (Å²) in [6, 6.07) is 1.36. The molecule has 3 nitrogen and oxygen atoms in total. The van der Waals surface area contributed by atoms with E-state index in [0.29, 0.717) is 12.4 Å². The molecule has 0 fully saturated rings. The summed E-state index contributed by atoms with van der Waals surface area (Å²) in [5.41, 5.74) is 0.0214. The third-order valence-corrected chi connectivity index (χ3v) is 2.45. The summed E-state index contributed by atoms with van der Waals surface area (Å²) in [4.78, 5) is 15.1. The lowest BCUT2D eigenvalue weighted by Gasteiger charge is -2.11. The highest BCUT2D eigenvalue weighted by Gasteiger charge is 2.11. The predicted molar refractivity (Wildman–Crippen MR) is 61.0 cm³/mol. The van der Waals surface area contributed by atoms with Gasteiger partial charge in [-0.05, 0) is 18.4 Å². The van der Waals surface area contributed by atoms with Gasteiger partial charge in [0.05, 0.1) is 11.8 Å². The fourth-order valence-electron chi connectivity index (χ4n) is 1.21. The van der Waals surface area contributed by atoms with Crippen molar-refractivity contribution < 1.29 is 9.18 Å². The van der Waals surface area contributed by atoms with Crippen molar-refractivity contribution >= 4 is 17.5 Å². The summed E-state index contributed by atoms with van der Waals surface area (Å²) in [7, 11) is 0. The first-order valence-electron chi connectivity index (χ1n) is 5.08. The van der Waals surface area contributed by atoms with Gasteiger partial charge in [-0.15, -0.1) is 11.6 Å². The van der Waals surface area contributed by atoms with Gasteiger partial charge in [-0.25, -0.2) is 4.39 Å². The van der Waals surface area contributed by atoms with Crippen LogP contribution in [0.5, 0.6) is 0 Å². The number of nitrogens with zero attached hydrogens (tertiary/aromatic N) is 1. The van der Waals surface area contributed by atoms with Gasteiger partial charge in [0.2, 0.25) is 0 Å². The van der Waals surface area contributed by atoms with Crippen LogP contribution < -0.4 is 5.32 Å². The molecule has 1 N–H and O–H groups in total. The highest BCUT2D eigenvalue weighted by molar-refractivity contribution is 6.17. The topological polar surface area (TPSA) is 42.0 Å². The molecule has 88 valence electrons. The smallest absolute Gasteiger partial charge is 0.254 e. The molecular formula is C11H14ClFN2O. The van der Waals surface area contributed by atoms with Gasteiger partial charge in [0.1, 0.15) is 0 Å². The number of rotatable bonds is 5. The molecule has 1 atom stereocenters. The monoisotopic (exact) mass is 244 g/mol. The zero-order valence-corrected chi connectivity index (χ0v) is 9.80. The molecule has 1 unspecified atom stereocenters. The standard InChI is InChI=1S/C11H14ClFN2O/c1-8(2-4-12)6-15-11(16)9-3-5-14-7-10(9)13/h3,5,7-8H,2,4,6H2,1H3,(H,15,16). The van der Waals surface area contributed by atoms with Crippen LogP contribution >= 0.6 is 11.6 Å². The average Bonchev–Trinajstić information content (AvgIpc) is 2.27. The fourth-order valence-corrected chi connectivity index (χ4v) is 1.58. The predicted octanol–water partition coefficient (Wildman–Crippen LogP) is 2.22. The SMILES string of the molecule is CC(CCCl)CNC(=O)c1ccncc1F. The Morgan fingerprint density at radius 2 is 2.44 bits per heavy atom. The number of halogens is 2. The van der Waals surface area contributed by atoms with E-state index < -0.39 is 11.7 Å². The van der Waals surface area contributed by atoms with E-state index in [1.54, 1.807) is 0 Å². The van der Waals surface area contributed by atoms with E-state index in [0.717, 1.165) is 12.6 Å². The average molecular weight is 245 g/mol. The Labute approximate surface area is 99.0 Å². The maximum atomic E-state index is 13.2. The van der Waals surface area contributed by atoms with Gasteiger partial charge in [0.25, 0.3) is 5.91 Å². The van der Waals surface area contributed by atoms with E-state index in [-0.39, 0.29) is 11.5 Å². The Balaban J connectivity index is 2.50. The molecule has 1 aromatic heterocycles. The first-order chi connectivity index (χ1) is 7.65. The van der Waals surface area contributed by atoms with E-state index in [1.807, 2.05) is 6.92 Å². The van der Waals surface area contributed by atoms with Crippen LogP contribution in [0.2, 0.25) is 0 Å². The number of alkyl halides is 1. The molecule has 0 aliphatic heterocycles. The maximum absolute atomic E-state index is 13.2. The molecule has 1 amide bonds. The van der Waals surface area contributed by atoms with Crippen molar-refractivity contribution in [2.45, 2.75) is 13.3 Å². The molecule has 0 saturated carbocycles. The van der Waals surface area contributed by atoms with E-state index in [2.05, 4.69) is 10.3 Å². The molecule has 0 aliphatic rings. The summed E-state index contributed by atoms with van der Waals surface area (Å²) in [6.45, 7) is 2.47. The van der Waals surface area contributed by atoms with Crippen LogP contribution in [0.4, 0.5) is 4.39 Å². The van der Waals surface area contributed by atoms with Crippen LogP contribution in [-0.4, -0.2) is 23.3 Å². The molecule has 16 heavy (non-hydrogen) atoms. The van der Waals surface area contributed by atoms with Gasteiger partial charge < -0.3 is 5.32 Å². The highest BCUT2D eigenvalue weighted by Crippen LogP contribution is 2.05. The highest BCUT2D eigenvalue weighted by atomic mass is 35.5. The quantitative estimate of drug-likeness (QED) is 0.807. The Hall–Kier alpha value is -1.16. The van der Waals surface area contributed by atoms with Crippen LogP contribution in [0.1, 0.15) is 23.7 Å². The van der Waals surface area contributed by atoms with Crippen LogP contribution in [0.25, 0.3) is 0 Å². The van der Waals surface area contributed by atoms with Crippen LogP contribution in [0, 0.1) is 11.7 Å². The van der Waals surface area contributed by atoms with Crippen LogP contribution in [-0.2, 0) is 0 Å². The van der Waals surface area contributed by atoms with Crippen molar-refractivity contribution in [1.29, 1.82) is 0 Å². The van der Waals surface area contributed by atoms with E-state index in [4.69, 9.17) is 11.6 Å². The lowest BCUT2D eigenvalue weighted by molar-refractivity contribution is 0.0943. The minimum absolute atomic E-state index is 0.0214. The minimum Gasteiger partial charge on any atom is -0.352 e.